The highest BCUT2D eigenvalue weighted by Crippen LogP contribution is 2.24. The van der Waals surface area contributed by atoms with E-state index in [0.29, 0.717) is 29.5 Å². The van der Waals surface area contributed by atoms with Gasteiger partial charge in [0.25, 0.3) is 0 Å². The van der Waals surface area contributed by atoms with Crippen LogP contribution in [0.15, 0.2) is 18.2 Å². The van der Waals surface area contributed by atoms with Crippen molar-refractivity contribution in [1.82, 2.24) is 0 Å². The normalized spacial score (nSPS) is 20.0. The van der Waals surface area contributed by atoms with Crippen LogP contribution in [0.1, 0.15) is 10.4 Å². The average molecular weight is 257 g/mol. The van der Waals surface area contributed by atoms with Gasteiger partial charge in [-0.2, -0.15) is 0 Å². The molecule has 92 valence electrons. The standard InChI is InChI=1S/C12H13ClO4/c1-15-8-2-3-9(10(13)6-8)12(14)11-7-16-4-5-17-11/h2-3,6,11H,4-5,7H2,1H3. The summed E-state index contributed by atoms with van der Waals surface area (Å²) in [5.74, 6) is 0.463. The molecule has 1 aromatic carbocycles. The molecule has 1 aromatic rings. The lowest BCUT2D eigenvalue weighted by Gasteiger charge is -2.22. The Balaban J connectivity index is 2.18. The number of Topliss-reactive ketones (excluding diaryl/α,β-unsaturated/α-hetero) is 1. The van der Waals surface area contributed by atoms with Gasteiger partial charge in [-0.15, -0.1) is 0 Å². The minimum Gasteiger partial charge on any atom is -0.497 e. The van der Waals surface area contributed by atoms with E-state index in [1.165, 1.54) is 0 Å². The second kappa shape index (κ2) is 5.49. The first-order valence-electron chi connectivity index (χ1n) is 5.29. The summed E-state index contributed by atoms with van der Waals surface area (Å²) in [6.07, 6.45) is -0.561. The van der Waals surface area contributed by atoms with Gasteiger partial charge >= 0.3 is 0 Å². The van der Waals surface area contributed by atoms with Gasteiger partial charge < -0.3 is 14.2 Å². The van der Waals surface area contributed by atoms with E-state index in [2.05, 4.69) is 0 Å². The number of carbonyl (C=O) groups excluding carboxylic acids is 1. The summed E-state index contributed by atoms with van der Waals surface area (Å²) >= 11 is 6.03. The Labute approximate surface area is 104 Å². The number of hydrogen-bond donors (Lipinski definition) is 0. The third-order valence-corrected chi connectivity index (χ3v) is 2.86. The van der Waals surface area contributed by atoms with Crippen LogP contribution in [-0.4, -0.2) is 38.8 Å². The van der Waals surface area contributed by atoms with Gasteiger partial charge in [0.2, 0.25) is 0 Å². The molecule has 0 amide bonds. The van der Waals surface area contributed by atoms with Gasteiger partial charge in [0.15, 0.2) is 5.78 Å². The van der Waals surface area contributed by atoms with E-state index in [-0.39, 0.29) is 12.4 Å². The lowest BCUT2D eigenvalue weighted by molar-refractivity contribution is -0.0719. The fraction of sp³-hybridized carbons (Fsp3) is 0.417. The molecule has 0 aromatic heterocycles. The van der Waals surface area contributed by atoms with Crippen molar-refractivity contribution >= 4 is 17.4 Å². The van der Waals surface area contributed by atoms with Gasteiger partial charge in [-0.1, -0.05) is 11.6 Å². The molecule has 0 aliphatic carbocycles. The summed E-state index contributed by atoms with van der Waals surface area (Å²) in [4.78, 5) is 12.1. The number of ketones is 1. The molecule has 1 unspecified atom stereocenters. The fourth-order valence-electron chi connectivity index (χ4n) is 1.64. The molecule has 1 atom stereocenters. The number of carbonyl (C=O) groups is 1. The molecule has 5 heteroatoms. The van der Waals surface area contributed by atoms with Crippen molar-refractivity contribution in [2.75, 3.05) is 26.9 Å². The Bertz CT molecular complexity index is 413. The van der Waals surface area contributed by atoms with Gasteiger partial charge in [-0.05, 0) is 18.2 Å². The van der Waals surface area contributed by atoms with E-state index < -0.39 is 6.10 Å². The first-order valence-corrected chi connectivity index (χ1v) is 5.67. The predicted octanol–water partition coefficient (Wildman–Crippen LogP) is 1.95. The topological polar surface area (TPSA) is 44.8 Å². The van der Waals surface area contributed by atoms with Gasteiger partial charge in [-0.25, -0.2) is 0 Å². The van der Waals surface area contributed by atoms with Gasteiger partial charge in [0.1, 0.15) is 11.9 Å². The van der Waals surface area contributed by atoms with Crippen molar-refractivity contribution in [2.45, 2.75) is 6.10 Å². The lowest BCUT2D eigenvalue weighted by Crippen LogP contribution is -2.35. The predicted molar refractivity (Wildman–Crippen MR) is 62.9 cm³/mol. The van der Waals surface area contributed by atoms with Gasteiger partial charge in [0, 0.05) is 5.56 Å². The van der Waals surface area contributed by atoms with Crippen molar-refractivity contribution in [1.29, 1.82) is 0 Å². The zero-order chi connectivity index (χ0) is 12.3. The summed E-state index contributed by atoms with van der Waals surface area (Å²) < 4.78 is 15.6. The van der Waals surface area contributed by atoms with E-state index in [4.69, 9.17) is 25.8 Å². The summed E-state index contributed by atoms with van der Waals surface area (Å²) in [6.45, 7) is 1.24. The van der Waals surface area contributed by atoms with Gasteiger partial charge in [-0.3, -0.25) is 4.79 Å². The second-order valence-electron chi connectivity index (χ2n) is 3.64. The van der Waals surface area contributed by atoms with E-state index in [1.54, 1.807) is 25.3 Å². The Morgan fingerprint density at radius 1 is 1.47 bits per heavy atom. The highest BCUT2D eigenvalue weighted by Gasteiger charge is 2.25. The number of ether oxygens (including phenoxy) is 3. The highest BCUT2D eigenvalue weighted by atomic mass is 35.5. The maximum atomic E-state index is 12.1. The number of methoxy groups -OCH3 is 1. The Morgan fingerprint density at radius 2 is 2.29 bits per heavy atom. The lowest BCUT2D eigenvalue weighted by atomic mass is 10.1. The molecule has 4 nitrogen and oxygen atoms in total. The first-order chi connectivity index (χ1) is 8.22. The van der Waals surface area contributed by atoms with Crippen LogP contribution >= 0.6 is 11.6 Å². The zero-order valence-corrected chi connectivity index (χ0v) is 10.2. The SMILES string of the molecule is COc1ccc(C(=O)C2COCCO2)c(Cl)c1. The number of benzene rings is 1. The number of hydrogen-bond acceptors (Lipinski definition) is 4. The Hall–Kier alpha value is -1.10. The number of halogens is 1. The van der Waals surface area contributed by atoms with Crippen LogP contribution in [0.25, 0.3) is 0 Å². The van der Waals surface area contributed by atoms with Crippen LogP contribution in [-0.2, 0) is 9.47 Å². The first kappa shape index (κ1) is 12.4. The van der Waals surface area contributed by atoms with Crippen molar-refractivity contribution in [3.05, 3.63) is 28.8 Å². The minimum absolute atomic E-state index is 0.155. The van der Waals surface area contributed by atoms with Crippen molar-refractivity contribution in [3.63, 3.8) is 0 Å². The van der Waals surface area contributed by atoms with Crippen LogP contribution < -0.4 is 4.74 Å². The van der Waals surface area contributed by atoms with Crippen molar-refractivity contribution in [3.8, 4) is 5.75 Å². The summed E-state index contributed by atoms with van der Waals surface area (Å²) in [5.41, 5.74) is 0.433. The highest BCUT2D eigenvalue weighted by molar-refractivity contribution is 6.34. The van der Waals surface area contributed by atoms with E-state index in [0.717, 1.165) is 0 Å². The van der Waals surface area contributed by atoms with Crippen LogP contribution in [0.3, 0.4) is 0 Å². The molecule has 0 spiro atoms. The summed E-state index contributed by atoms with van der Waals surface area (Å²) in [6, 6.07) is 4.95. The van der Waals surface area contributed by atoms with Crippen LogP contribution in [0.5, 0.6) is 5.75 Å². The smallest absolute Gasteiger partial charge is 0.195 e. The Kier molecular flexibility index (Phi) is 3.99. The fourth-order valence-corrected chi connectivity index (χ4v) is 1.90. The molecule has 0 N–H and O–H groups in total. The quantitative estimate of drug-likeness (QED) is 0.776. The summed E-state index contributed by atoms with van der Waals surface area (Å²) in [7, 11) is 1.55. The molecule has 1 aliphatic rings. The van der Waals surface area contributed by atoms with E-state index >= 15 is 0 Å². The van der Waals surface area contributed by atoms with Gasteiger partial charge in [0.05, 0.1) is 32.0 Å². The monoisotopic (exact) mass is 256 g/mol. The third kappa shape index (κ3) is 2.77. The van der Waals surface area contributed by atoms with Crippen molar-refractivity contribution in [2.24, 2.45) is 0 Å². The Morgan fingerprint density at radius 3 is 2.88 bits per heavy atom. The molecule has 0 bridgehead atoms. The van der Waals surface area contributed by atoms with Crippen LogP contribution in [0.4, 0.5) is 0 Å². The molecule has 1 aliphatic heterocycles. The van der Waals surface area contributed by atoms with Crippen LogP contribution in [0, 0.1) is 0 Å². The van der Waals surface area contributed by atoms with Crippen LogP contribution in [0.2, 0.25) is 5.02 Å². The molecule has 17 heavy (non-hydrogen) atoms. The van der Waals surface area contributed by atoms with E-state index in [1.807, 2.05) is 0 Å². The van der Waals surface area contributed by atoms with E-state index in [9.17, 15) is 4.79 Å². The third-order valence-electron chi connectivity index (χ3n) is 2.55. The molecule has 0 saturated carbocycles. The number of rotatable bonds is 3. The minimum atomic E-state index is -0.561. The maximum absolute atomic E-state index is 12.1. The second-order valence-corrected chi connectivity index (χ2v) is 4.05. The average Bonchev–Trinajstić information content (AvgIpc) is 2.39. The molecule has 0 radical (unpaired) electrons. The molecule has 1 fully saturated rings. The molecular formula is C12H13ClO4. The largest absolute Gasteiger partial charge is 0.497 e. The molecular weight excluding hydrogens is 244 g/mol. The van der Waals surface area contributed by atoms with Crippen molar-refractivity contribution < 1.29 is 19.0 Å². The molecule has 1 saturated heterocycles. The summed E-state index contributed by atoms with van der Waals surface area (Å²) in [5, 5.41) is 0.364. The zero-order valence-electron chi connectivity index (χ0n) is 9.44. The molecule has 2 rings (SSSR count). The maximum Gasteiger partial charge on any atom is 0.195 e. The molecule has 1 heterocycles.